The summed E-state index contributed by atoms with van der Waals surface area (Å²) in [7, 11) is -3.77. The van der Waals surface area contributed by atoms with Crippen LogP contribution in [0, 0.1) is 19.7 Å². The average Bonchev–Trinajstić information content (AvgIpc) is 2.87. The Bertz CT molecular complexity index is 827. The molecule has 1 amide bonds. The third kappa shape index (κ3) is 4.86. The predicted molar refractivity (Wildman–Crippen MR) is 88.7 cm³/mol. The van der Waals surface area contributed by atoms with Crippen molar-refractivity contribution >= 4 is 15.9 Å². The zero-order chi connectivity index (χ0) is 18.6. The van der Waals surface area contributed by atoms with Crippen LogP contribution in [0.25, 0.3) is 0 Å². The van der Waals surface area contributed by atoms with Gasteiger partial charge < -0.3 is 9.42 Å². The number of hydrogen-bond donors (Lipinski definition) is 1. The summed E-state index contributed by atoms with van der Waals surface area (Å²) in [5.41, 5.74) is 1.03. The SMILES string of the molecule is CC(=O)N(CCNS(=O)(=O)c1c(C)noc1C)Cc1ccc(F)cc1. The van der Waals surface area contributed by atoms with Gasteiger partial charge in [-0.2, -0.15) is 0 Å². The largest absolute Gasteiger partial charge is 0.360 e. The molecule has 9 heteroatoms. The number of halogens is 1. The number of amides is 1. The number of aromatic nitrogens is 1. The molecule has 0 aliphatic rings. The van der Waals surface area contributed by atoms with Crippen LogP contribution in [0.2, 0.25) is 0 Å². The molecule has 0 bridgehead atoms. The van der Waals surface area contributed by atoms with E-state index in [-0.39, 0.29) is 47.7 Å². The lowest BCUT2D eigenvalue weighted by atomic mass is 10.2. The molecule has 2 rings (SSSR count). The van der Waals surface area contributed by atoms with E-state index in [2.05, 4.69) is 9.88 Å². The van der Waals surface area contributed by atoms with Crippen molar-refractivity contribution in [3.63, 3.8) is 0 Å². The minimum Gasteiger partial charge on any atom is -0.360 e. The van der Waals surface area contributed by atoms with E-state index in [1.807, 2.05) is 0 Å². The van der Waals surface area contributed by atoms with Gasteiger partial charge >= 0.3 is 0 Å². The number of carbonyl (C=O) groups excluding carboxylic acids is 1. The van der Waals surface area contributed by atoms with E-state index < -0.39 is 10.0 Å². The van der Waals surface area contributed by atoms with E-state index in [4.69, 9.17) is 4.52 Å². The summed E-state index contributed by atoms with van der Waals surface area (Å²) in [5, 5.41) is 3.63. The molecule has 0 aliphatic heterocycles. The molecule has 25 heavy (non-hydrogen) atoms. The summed E-state index contributed by atoms with van der Waals surface area (Å²) >= 11 is 0. The molecule has 7 nitrogen and oxygen atoms in total. The van der Waals surface area contributed by atoms with Gasteiger partial charge in [-0.15, -0.1) is 0 Å². The molecule has 0 spiro atoms. The number of sulfonamides is 1. The van der Waals surface area contributed by atoms with E-state index in [9.17, 15) is 17.6 Å². The highest BCUT2D eigenvalue weighted by molar-refractivity contribution is 7.89. The maximum Gasteiger partial charge on any atom is 0.246 e. The van der Waals surface area contributed by atoms with Crippen molar-refractivity contribution in [2.45, 2.75) is 32.2 Å². The second-order valence-corrected chi connectivity index (χ2v) is 7.32. The third-order valence-corrected chi connectivity index (χ3v) is 5.35. The first-order valence-corrected chi connectivity index (χ1v) is 9.11. The van der Waals surface area contributed by atoms with Gasteiger partial charge in [-0.1, -0.05) is 17.3 Å². The molecule has 0 aliphatic carbocycles. The Kier molecular flexibility index (Phi) is 5.91. The van der Waals surface area contributed by atoms with Gasteiger partial charge in [0.15, 0.2) is 5.76 Å². The molecule has 1 aromatic heterocycles. The van der Waals surface area contributed by atoms with Gasteiger partial charge in [-0.3, -0.25) is 4.79 Å². The lowest BCUT2D eigenvalue weighted by Gasteiger charge is -2.21. The predicted octanol–water partition coefficient (Wildman–Crippen LogP) is 1.76. The summed E-state index contributed by atoms with van der Waals surface area (Å²) in [5.74, 6) is -0.356. The van der Waals surface area contributed by atoms with Crippen molar-refractivity contribution in [2.24, 2.45) is 0 Å². The second-order valence-electron chi connectivity index (χ2n) is 5.62. The first-order chi connectivity index (χ1) is 11.7. The van der Waals surface area contributed by atoms with Crippen LogP contribution < -0.4 is 4.72 Å². The molecule has 0 saturated heterocycles. The highest BCUT2D eigenvalue weighted by Crippen LogP contribution is 2.18. The highest BCUT2D eigenvalue weighted by Gasteiger charge is 2.24. The van der Waals surface area contributed by atoms with Gasteiger partial charge in [-0.25, -0.2) is 17.5 Å². The smallest absolute Gasteiger partial charge is 0.246 e. The van der Waals surface area contributed by atoms with Crippen LogP contribution >= 0.6 is 0 Å². The normalized spacial score (nSPS) is 11.5. The monoisotopic (exact) mass is 369 g/mol. The van der Waals surface area contributed by atoms with E-state index in [1.165, 1.54) is 30.9 Å². The number of hydrogen-bond acceptors (Lipinski definition) is 5. The number of carbonyl (C=O) groups is 1. The van der Waals surface area contributed by atoms with Gasteiger partial charge in [-0.05, 0) is 31.5 Å². The van der Waals surface area contributed by atoms with E-state index in [0.717, 1.165) is 5.56 Å². The summed E-state index contributed by atoms with van der Waals surface area (Å²) in [6, 6.07) is 5.79. The van der Waals surface area contributed by atoms with Crippen molar-refractivity contribution < 1.29 is 22.1 Å². The highest BCUT2D eigenvalue weighted by atomic mass is 32.2. The molecule has 1 aromatic carbocycles. The fraction of sp³-hybridized carbons (Fsp3) is 0.375. The molecule has 1 N–H and O–H groups in total. The molecule has 0 unspecified atom stereocenters. The van der Waals surface area contributed by atoms with Crippen LogP contribution in [0.1, 0.15) is 23.9 Å². The molecule has 0 saturated carbocycles. The van der Waals surface area contributed by atoms with E-state index in [0.29, 0.717) is 0 Å². The number of nitrogens with zero attached hydrogens (tertiary/aromatic N) is 2. The quantitative estimate of drug-likeness (QED) is 0.803. The number of aryl methyl sites for hydroxylation is 2. The second kappa shape index (κ2) is 7.75. The molecular formula is C16H20FN3O4S. The minimum absolute atomic E-state index is 0.0143. The van der Waals surface area contributed by atoms with Crippen molar-refractivity contribution in [3.8, 4) is 0 Å². The fourth-order valence-corrected chi connectivity index (χ4v) is 3.75. The lowest BCUT2D eigenvalue weighted by molar-refractivity contribution is -0.129. The Morgan fingerprint density at radius 1 is 1.28 bits per heavy atom. The summed E-state index contributed by atoms with van der Waals surface area (Å²) in [4.78, 5) is 13.2. The molecule has 0 atom stereocenters. The number of rotatable bonds is 7. The summed E-state index contributed by atoms with van der Waals surface area (Å²) in [6.07, 6.45) is 0. The molecular weight excluding hydrogens is 349 g/mol. The zero-order valence-electron chi connectivity index (χ0n) is 14.2. The van der Waals surface area contributed by atoms with Crippen LogP contribution in [-0.2, 0) is 21.4 Å². The molecule has 2 aromatic rings. The Hall–Kier alpha value is -2.26. The third-order valence-electron chi connectivity index (χ3n) is 3.64. The van der Waals surface area contributed by atoms with E-state index >= 15 is 0 Å². The van der Waals surface area contributed by atoms with E-state index in [1.54, 1.807) is 19.1 Å². The summed E-state index contributed by atoms with van der Waals surface area (Å²) in [6.45, 7) is 4.93. The topological polar surface area (TPSA) is 92.5 Å². The first kappa shape index (κ1) is 19.1. The van der Waals surface area contributed by atoms with Crippen LogP contribution in [0.15, 0.2) is 33.7 Å². The number of nitrogens with one attached hydrogen (secondary N) is 1. The lowest BCUT2D eigenvalue weighted by Crippen LogP contribution is -2.37. The van der Waals surface area contributed by atoms with Gasteiger partial charge in [0.1, 0.15) is 16.4 Å². The molecule has 136 valence electrons. The Morgan fingerprint density at radius 3 is 2.44 bits per heavy atom. The Morgan fingerprint density at radius 2 is 1.92 bits per heavy atom. The Labute approximate surface area is 145 Å². The number of benzene rings is 1. The molecule has 0 fully saturated rings. The molecule has 1 heterocycles. The van der Waals surface area contributed by atoms with Crippen molar-refractivity contribution in [3.05, 3.63) is 47.1 Å². The Balaban J connectivity index is 1.99. The van der Waals surface area contributed by atoms with Crippen molar-refractivity contribution in [1.29, 1.82) is 0 Å². The van der Waals surface area contributed by atoms with Gasteiger partial charge in [0.25, 0.3) is 0 Å². The van der Waals surface area contributed by atoms with Gasteiger partial charge in [0.05, 0.1) is 0 Å². The average molecular weight is 369 g/mol. The van der Waals surface area contributed by atoms with Crippen molar-refractivity contribution in [2.75, 3.05) is 13.1 Å². The van der Waals surface area contributed by atoms with Crippen LogP contribution in [0.4, 0.5) is 4.39 Å². The van der Waals surface area contributed by atoms with Gasteiger partial charge in [0, 0.05) is 26.6 Å². The van der Waals surface area contributed by atoms with Gasteiger partial charge in [0.2, 0.25) is 15.9 Å². The maximum atomic E-state index is 12.9. The van der Waals surface area contributed by atoms with Crippen LogP contribution in [0.5, 0.6) is 0 Å². The van der Waals surface area contributed by atoms with Crippen LogP contribution in [-0.4, -0.2) is 37.5 Å². The molecule has 0 radical (unpaired) electrons. The standard InChI is InChI=1S/C16H20FN3O4S/c1-11-16(12(2)24-19-11)25(22,23)18-8-9-20(13(3)21)10-14-4-6-15(17)7-5-14/h4-7,18H,8-10H2,1-3H3. The zero-order valence-corrected chi connectivity index (χ0v) is 15.1. The fourth-order valence-electron chi connectivity index (χ4n) is 2.40. The van der Waals surface area contributed by atoms with Crippen molar-refractivity contribution in [1.82, 2.24) is 14.8 Å². The summed E-state index contributed by atoms with van der Waals surface area (Å²) < 4.78 is 44.9. The van der Waals surface area contributed by atoms with Crippen LogP contribution in [0.3, 0.4) is 0 Å². The maximum absolute atomic E-state index is 12.9. The minimum atomic E-state index is -3.77. The first-order valence-electron chi connectivity index (χ1n) is 7.63.